The third-order valence-corrected chi connectivity index (χ3v) is 3.02. The van der Waals surface area contributed by atoms with E-state index in [-0.39, 0.29) is 6.61 Å². The highest BCUT2D eigenvalue weighted by molar-refractivity contribution is 5.71. The lowest BCUT2D eigenvalue weighted by Gasteiger charge is -2.14. The van der Waals surface area contributed by atoms with Crippen molar-refractivity contribution in [3.63, 3.8) is 0 Å². The first kappa shape index (κ1) is 12.7. The van der Waals surface area contributed by atoms with E-state index in [4.69, 9.17) is 5.11 Å². The molecule has 2 heterocycles. The SMILES string of the molecule is CCC(CCO)CNc1ccc2nccnc2n1. The van der Waals surface area contributed by atoms with Crippen molar-refractivity contribution >= 4 is 17.0 Å². The van der Waals surface area contributed by atoms with Gasteiger partial charge in [0.15, 0.2) is 5.65 Å². The molecule has 18 heavy (non-hydrogen) atoms. The van der Waals surface area contributed by atoms with Gasteiger partial charge in [0.05, 0.1) is 0 Å². The number of fused-ring (bicyclic) bond motifs is 1. The van der Waals surface area contributed by atoms with Crippen molar-refractivity contribution in [2.75, 3.05) is 18.5 Å². The highest BCUT2D eigenvalue weighted by Crippen LogP contribution is 2.12. The largest absolute Gasteiger partial charge is 0.396 e. The fourth-order valence-electron chi connectivity index (χ4n) is 1.83. The summed E-state index contributed by atoms with van der Waals surface area (Å²) in [4.78, 5) is 12.7. The third kappa shape index (κ3) is 3.13. The summed E-state index contributed by atoms with van der Waals surface area (Å²) >= 11 is 0. The number of aliphatic hydroxyl groups excluding tert-OH is 1. The standard InChI is InChI=1S/C13H18N4O/c1-2-10(5-8-18)9-16-12-4-3-11-13(17-12)15-7-6-14-11/h3-4,6-7,10,18H,2,5,8-9H2,1H3,(H,15,16,17). The van der Waals surface area contributed by atoms with Gasteiger partial charge in [-0.3, -0.25) is 4.98 Å². The van der Waals surface area contributed by atoms with Gasteiger partial charge in [0.25, 0.3) is 0 Å². The van der Waals surface area contributed by atoms with Crippen LogP contribution in [0.4, 0.5) is 5.82 Å². The number of nitrogens with one attached hydrogen (secondary N) is 1. The zero-order valence-electron chi connectivity index (χ0n) is 10.5. The second kappa shape index (κ2) is 6.26. The molecule has 0 saturated heterocycles. The number of hydrogen-bond donors (Lipinski definition) is 2. The normalized spacial score (nSPS) is 12.6. The molecule has 0 aliphatic carbocycles. The molecule has 0 aliphatic rings. The molecule has 2 aromatic rings. The zero-order chi connectivity index (χ0) is 12.8. The number of anilines is 1. The van der Waals surface area contributed by atoms with Crippen LogP contribution in [-0.2, 0) is 0 Å². The maximum atomic E-state index is 8.94. The molecule has 5 nitrogen and oxygen atoms in total. The molecule has 1 unspecified atom stereocenters. The summed E-state index contributed by atoms with van der Waals surface area (Å²) in [6.45, 7) is 3.17. The van der Waals surface area contributed by atoms with Crippen molar-refractivity contribution in [2.24, 2.45) is 5.92 Å². The smallest absolute Gasteiger partial charge is 0.180 e. The van der Waals surface area contributed by atoms with Crippen molar-refractivity contribution in [2.45, 2.75) is 19.8 Å². The molecule has 1 atom stereocenters. The van der Waals surface area contributed by atoms with E-state index in [1.54, 1.807) is 12.4 Å². The van der Waals surface area contributed by atoms with Crippen molar-refractivity contribution in [3.8, 4) is 0 Å². The fraction of sp³-hybridized carbons (Fsp3) is 0.462. The quantitative estimate of drug-likeness (QED) is 0.814. The minimum Gasteiger partial charge on any atom is -0.396 e. The van der Waals surface area contributed by atoms with E-state index in [0.717, 1.165) is 30.7 Å². The second-order valence-electron chi connectivity index (χ2n) is 4.26. The van der Waals surface area contributed by atoms with Crippen LogP contribution in [0.1, 0.15) is 19.8 Å². The maximum absolute atomic E-state index is 8.94. The Kier molecular flexibility index (Phi) is 4.41. The lowest BCUT2D eigenvalue weighted by atomic mass is 10.0. The molecule has 2 N–H and O–H groups in total. The van der Waals surface area contributed by atoms with Crippen LogP contribution in [0.15, 0.2) is 24.5 Å². The molecule has 2 aromatic heterocycles. The van der Waals surface area contributed by atoms with E-state index in [1.165, 1.54) is 0 Å². The van der Waals surface area contributed by atoms with Crippen LogP contribution in [0.2, 0.25) is 0 Å². The summed E-state index contributed by atoms with van der Waals surface area (Å²) in [5, 5.41) is 12.2. The first-order chi connectivity index (χ1) is 8.83. The first-order valence-corrected chi connectivity index (χ1v) is 6.26. The number of aromatic nitrogens is 3. The summed E-state index contributed by atoms with van der Waals surface area (Å²) in [5.41, 5.74) is 1.45. The van der Waals surface area contributed by atoms with Gasteiger partial charge in [-0.25, -0.2) is 9.97 Å². The predicted molar refractivity (Wildman–Crippen MR) is 71.3 cm³/mol. The minimum atomic E-state index is 0.233. The van der Waals surface area contributed by atoms with E-state index in [2.05, 4.69) is 27.2 Å². The number of pyridine rings is 1. The Hall–Kier alpha value is -1.75. The van der Waals surface area contributed by atoms with Crippen molar-refractivity contribution in [1.82, 2.24) is 15.0 Å². The topological polar surface area (TPSA) is 70.9 Å². The molecular weight excluding hydrogens is 228 g/mol. The average molecular weight is 246 g/mol. The van der Waals surface area contributed by atoms with E-state index < -0.39 is 0 Å². The number of hydrogen-bond acceptors (Lipinski definition) is 5. The van der Waals surface area contributed by atoms with Gasteiger partial charge in [0.2, 0.25) is 0 Å². The summed E-state index contributed by atoms with van der Waals surface area (Å²) in [6, 6.07) is 3.81. The predicted octanol–water partition coefficient (Wildman–Crippen LogP) is 1.85. The Balaban J connectivity index is 2.03. The van der Waals surface area contributed by atoms with Gasteiger partial charge in [-0.1, -0.05) is 13.3 Å². The lowest BCUT2D eigenvalue weighted by molar-refractivity contribution is 0.258. The second-order valence-corrected chi connectivity index (χ2v) is 4.26. The lowest BCUT2D eigenvalue weighted by Crippen LogP contribution is -2.15. The fourth-order valence-corrected chi connectivity index (χ4v) is 1.83. The van der Waals surface area contributed by atoms with Crippen molar-refractivity contribution < 1.29 is 5.11 Å². The zero-order valence-corrected chi connectivity index (χ0v) is 10.5. The minimum absolute atomic E-state index is 0.233. The van der Waals surface area contributed by atoms with Crippen LogP contribution in [0.25, 0.3) is 11.2 Å². The van der Waals surface area contributed by atoms with Gasteiger partial charge >= 0.3 is 0 Å². The first-order valence-electron chi connectivity index (χ1n) is 6.26. The van der Waals surface area contributed by atoms with Crippen molar-refractivity contribution in [3.05, 3.63) is 24.5 Å². The Morgan fingerprint density at radius 2 is 2.11 bits per heavy atom. The van der Waals surface area contributed by atoms with Gasteiger partial charge in [0.1, 0.15) is 11.3 Å². The highest BCUT2D eigenvalue weighted by Gasteiger charge is 2.06. The molecular formula is C13H18N4O. The molecule has 2 rings (SSSR count). The Morgan fingerprint density at radius 3 is 2.89 bits per heavy atom. The molecule has 0 fully saturated rings. The molecule has 0 bridgehead atoms. The monoisotopic (exact) mass is 246 g/mol. The number of aliphatic hydroxyl groups is 1. The van der Waals surface area contributed by atoms with E-state index in [0.29, 0.717) is 11.6 Å². The van der Waals surface area contributed by atoms with Crippen LogP contribution >= 0.6 is 0 Å². The number of rotatable bonds is 6. The van der Waals surface area contributed by atoms with E-state index in [1.807, 2.05) is 12.1 Å². The Labute approximate surface area is 106 Å². The van der Waals surface area contributed by atoms with Gasteiger partial charge in [0, 0.05) is 25.5 Å². The highest BCUT2D eigenvalue weighted by atomic mass is 16.3. The molecule has 96 valence electrons. The Morgan fingerprint density at radius 1 is 1.28 bits per heavy atom. The molecule has 0 radical (unpaired) electrons. The van der Waals surface area contributed by atoms with Gasteiger partial charge < -0.3 is 10.4 Å². The van der Waals surface area contributed by atoms with Crippen LogP contribution in [0, 0.1) is 5.92 Å². The summed E-state index contributed by atoms with van der Waals surface area (Å²) in [5.74, 6) is 1.27. The summed E-state index contributed by atoms with van der Waals surface area (Å²) in [7, 11) is 0. The van der Waals surface area contributed by atoms with Gasteiger partial charge in [-0.2, -0.15) is 0 Å². The van der Waals surface area contributed by atoms with Crippen LogP contribution in [0.3, 0.4) is 0 Å². The number of nitrogens with zero attached hydrogens (tertiary/aromatic N) is 3. The molecule has 0 aliphatic heterocycles. The van der Waals surface area contributed by atoms with Gasteiger partial charge in [-0.05, 0) is 24.5 Å². The maximum Gasteiger partial charge on any atom is 0.180 e. The van der Waals surface area contributed by atoms with Crippen LogP contribution < -0.4 is 5.32 Å². The third-order valence-electron chi connectivity index (χ3n) is 3.02. The van der Waals surface area contributed by atoms with E-state index in [9.17, 15) is 0 Å². The molecule has 0 spiro atoms. The Bertz CT molecular complexity index is 503. The molecule has 5 heteroatoms. The van der Waals surface area contributed by atoms with E-state index >= 15 is 0 Å². The molecule has 0 amide bonds. The average Bonchev–Trinajstić information content (AvgIpc) is 2.43. The van der Waals surface area contributed by atoms with Gasteiger partial charge in [-0.15, -0.1) is 0 Å². The summed E-state index contributed by atoms with van der Waals surface area (Å²) in [6.07, 6.45) is 5.16. The van der Waals surface area contributed by atoms with Crippen LogP contribution in [0.5, 0.6) is 0 Å². The van der Waals surface area contributed by atoms with Crippen LogP contribution in [-0.4, -0.2) is 33.2 Å². The van der Waals surface area contributed by atoms with Crippen molar-refractivity contribution in [1.29, 1.82) is 0 Å². The molecule has 0 saturated carbocycles. The molecule has 0 aromatic carbocycles. The summed E-state index contributed by atoms with van der Waals surface area (Å²) < 4.78 is 0.